The van der Waals surface area contributed by atoms with Gasteiger partial charge < -0.3 is 35.6 Å². The molecule has 0 unspecified atom stereocenters. The van der Waals surface area contributed by atoms with Gasteiger partial charge in [0.05, 0.1) is 41.1 Å². The normalized spacial score (nSPS) is 14.7. The first kappa shape index (κ1) is 21.2. The molecule has 0 aliphatic carbocycles. The second-order valence-corrected chi connectivity index (χ2v) is 7.81. The predicted molar refractivity (Wildman–Crippen MR) is 124 cm³/mol. The number of rotatable bonds is 6. The minimum absolute atomic E-state index is 0.00400. The molecule has 5 N–H and O–H groups in total. The van der Waals surface area contributed by atoms with Gasteiger partial charge in [0.15, 0.2) is 0 Å². The maximum atomic E-state index is 12.8. The Morgan fingerprint density at radius 1 is 1.18 bits per heavy atom. The van der Waals surface area contributed by atoms with E-state index >= 15 is 0 Å². The van der Waals surface area contributed by atoms with Gasteiger partial charge >= 0.3 is 0 Å². The number of ether oxygens (including phenoxy) is 2. The van der Waals surface area contributed by atoms with Crippen LogP contribution in [0.15, 0.2) is 41.2 Å². The summed E-state index contributed by atoms with van der Waals surface area (Å²) in [6, 6.07) is 9.76. The van der Waals surface area contributed by atoms with Crippen LogP contribution in [0.25, 0.3) is 33.3 Å². The van der Waals surface area contributed by atoms with Gasteiger partial charge in [0.25, 0.3) is 5.56 Å². The van der Waals surface area contributed by atoms with Crippen LogP contribution in [0.4, 0.5) is 11.4 Å². The van der Waals surface area contributed by atoms with E-state index in [1.54, 1.807) is 0 Å². The molecule has 0 spiro atoms. The molecule has 1 aliphatic rings. The lowest BCUT2D eigenvalue weighted by Gasteiger charge is -2.26. The summed E-state index contributed by atoms with van der Waals surface area (Å²) < 4.78 is 11.2. The summed E-state index contributed by atoms with van der Waals surface area (Å²) in [7, 11) is 0. The highest BCUT2D eigenvalue weighted by Gasteiger charge is 2.17. The molecule has 1 aliphatic heterocycles. The van der Waals surface area contributed by atoms with Crippen LogP contribution in [0.1, 0.15) is 0 Å². The number of benzene rings is 2. The average molecular weight is 451 g/mol. The Hall–Kier alpha value is -3.64. The number of anilines is 2. The first-order valence-electron chi connectivity index (χ1n) is 10.5. The van der Waals surface area contributed by atoms with Crippen molar-refractivity contribution >= 4 is 33.3 Å². The molecule has 11 heteroatoms. The lowest BCUT2D eigenvalue weighted by atomic mass is 10.1. The number of aromatic nitrogens is 3. The van der Waals surface area contributed by atoms with Gasteiger partial charge in [-0.2, -0.15) is 0 Å². The quantitative estimate of drug-likeness (QED) is 0.322. The van der Waals surface area contributed by atoms with Gasteiger partial charge in [0.1, 0.15) is 23.7 Å². The van der Waals surface area contributed by atoms with Crippen LogP contribution in [0.2, 0.25) is 0 Å². The van der Waals surface area contributed by atoms with Crippen LogP contribution in [-0.2, 0) is 4.74 Å². The summed E-state index contributed by atoms with van der Waals surface area (Å²) >= 11 is 0. The molecule has 2 aromatic carbocycles. The van der Waals surface area contributed by atoms with Crippen molar-refractivity contribution in [1.29, 1.82) is 0 Å². The number of fused-ring (bicyclic) bond motifs is 2. The highest BCUT2D eigenvalue weighted by molar-refractivity contribution is 5.99. The molecule has 11 nitrogen and oxygen atoms in total. The van der Waals surface area contributed by atoms with E-state index in [4.69, 9.17) is 15.2 Å². The summed E-state index contributed by atoms with van der Waals surface area (Å²) in [6.07, 6.45) is 0. The van der Waals surface area contributed by atoms with Crippen LogP contribution in [0.5, 0.6) is 5.75 Å². The minimum Gasteiger partial charge on any atom is -0.733 e. The largest absolute Gasteiger partial charge is 0.733 e. The monoisotopic (exact) mass is 451 g/mol. The molecule has 0 atom stereocenters. The predicted octanol–water partition coefficient (Wildman–Crippen LogP) is 2.06. The van der Waals surface area contributed by atoms with E-state index in [0.717, 1.165) is 32.8 Å². The average Bonchev–Trinajstić information content (AvgIpc) is 3.22. The van der Waals surface area contributed by atoms with Crippen LogP contribution in [0, 0.1) is 5.21 Å². The van der Waals surface area contributed by atoms with E-state index in [9.17, 15) is 15.2 Å². The Morgan fingerprint density at radius 3 is 2.79 bits per heavy atom. The van der Waals surface area contributed by atoms with Crippen molar-refractivity contribution in [3.8, 4) is 17.1 Å². The standard InChI is InChI=1S/C22H23N6O5/c23-20-15-11-13(28(30)31)1-3-16(15)26-22(29)19(20)21-24-17-4-2-14(12-18(17)25-21)33-10-7-27-5-8-32-9-6-27/h1-4,11-12,30H,5-10H2,(H,24,25)(H3,23,26,29)/q-1. The fourth-order valence-electron chi connectivity index (χ4n) is 3.97. The van der Waals surface area contributed by atoms with E-state index in [1.807, 2.05) is 18.2 Å². The smallest absolute Gasteiger partial charge is 0.261 e. The topological polar surface area (TPSA) is 156 Å². The molecule has 172 valence electrons. The molecule has 5 rings (SSSR count). The molecule has 1 saturated heterocycles. The number of nitrogens with two attached hydrogens (primary N) is 1. The van der Waals surface area contributed by atoms with Gasteiger partial charge in [-0.3, -0.25) is 14.9 Å². The van der Waals surface area contributed by atoms with Crippen molar-refractivity contribution in [2.75, 3.05) is 50.4 Å². The fraction of sp³-hybridized carbons (Fsp3) is 0.273. The zero-order valence-electron chi connectivity index (χ0n) is 17.7. The minimum atomic E-state index is -0.420. The number of nitrogen functional groups attached to an aromatic ring is 1. The highest BCUT2D eigenvalue weighted by Crippen LogP contribution is 2.31. The van der Waals surface area contributed by atoms with E-state index < -0.39 is 5.56 Å². The van der Waals surface area contributed by atoms with Crippen LogP contribution in [-0.4, -0.2) is 64.5 Å². The van der Waals surface area contributed by atoms with Crippen molar-refractivity contribution < 1.29 is 14.7 Å². The van der Waals surface area contributed by atoms with Crippen LogP contribution >= 0.6 is 0 Å². The van der Waals surface area contributed by atoms with Crippen LogP contribution in [0.3, 0.4) is 0 Å². The Labute approximate surface area is 187 Å². The van der Waals surface area contributed by atoms with Gasteiger partial charge in [-0.25, -0.2) is 4.98 Å². The molecule has 1 fully saturated rings. The van der Waals surface area contributed by atoms with E-state index in [1.165, 1.54) is 18.2 Å². The molecule has 33 heavy (non-hydrogen) atoms. The van der Waals surface area contributed by atoms with E-state index in [2.05, 4.69) is 19.9 Å². The van der Waals surface area contributed by atoms with Crippen molar-refractivity contribution in [2.45, 2.75) is 0 Å². The van der Waals surface area contributed by atoms with Crippen molar-refractivity contribution in [3.05, 3.63) is 52.0 Å². The van der Waals surface area contributed by atoms with E-state index in [-0.39, 0.29) is 22.2 Å². The lowest BCUT2D eigenvalue weighted by Crippen LogP contribution is -2.38. The number of pyridine rings is 1. The molecule has 2 aromatic heterocycles. The zero-order chi connectivity index (χ0) is 22.9. The molecular weight excluding hydrogens is 428 g/mol. The lowest BCUT2D eigenvalue weighted by molar-refractivity contribution is 0.0322. The second kappa shape index (κ2) is 8.71. The zero-order valence-corrected chi connectivity index (χ0v) is 17.7. The highest BCUT2D eigenvalue weighted by atomic mass is 16.8. The number of aromatic amines is 2. The van der Waals surface area contributed by atoms with Gasteiger partial charge in [-0.05, 0) is 30.3 Å². The first-order chi connectivity index (χ1) is 16.0. The Kier molecular flexibility index (Phi) is 5.60. The second-order valence-electron chi connectivity index (χ2n) is 7.81. The summed E-state index contributed by atoms with van der Waals surface area (Å²) in [4.78, 5) is 25.4. The summed E-state index contributed by atoms with van der Waals surface area (Å²) in [5, 5.41) is 20.6. The summed E-state index contributed by atoms with van der Waals surface area (Å²) in [6.45, 7) is 4.66. The third-order valence-electron chi connectivity index (χ3n) is 5.73. The molecule has 0 saturated carbocycles. The van der Waals surface area contributed by atoms with Crippen molar-refractivity contribution in [2.24, 2.45) is 0 Å². The third kappa shape index (κ3) is 4.22. The van der Waals surface area contributed by atoms with Crippen molar-refractivity contribution in [3.63, 3.8) is 0 Å². The number of morpholine rings is 1. The van der Waals surface area contributed by atoms with Gasteiger partial charge in [-0.15, -0.1) is 0 Å². The molecule has 0 bridgehead atoms. The number of hydrogen-bond acceptors (Lipinski definition) is 9. The Balaban J connectivity index is 1.43. The molecule has 0 amide bonds. The number of imidazole rings is 1. The molecular formula is C22H23N6O5-. The molecule has 4 aromatic rings. The summed E-state index contributed by atoms with van der Waals surface area (Å²) in [5.74, 6) is 0.985. The van der Waals surface area contributed by atoms with Gasteiger partial charge in [0, 0.05) is 31.1 Å². The maximum absolute atomic E-state index is 12.8. The SMILES string of the molecule is Nc1c(-c2nc3ccc(OCCN4CCOCC4)cc3[nH]2)c(=O)[nH]c2ccc(N([O-])O)cc12. The third-order valence-corrected chi connectivity index (χ3v) is 5.73. The maximum Gasteiger partial charge on any atom is 0.261 e. The Morgan fingerprint density at radius 2 is 2.00 bits per heavy atom. The van der Waals surface area contributed by atoms with Gasteiger partial charge in [0.2, 0.25) is 0 Å². The van der Waals surface area contributed by atoms with Crippen LogP contribution < -0.4 is 21.3 Å². The Bertz CT molecular complexity index is 1360. The van der Waals surface area contributed by atoms with E-state index in [0.29, 0.717) is 40.1 Å². The van der Waals surface area contributed by atoms with Crippen molar-refractivity contribution in [1.82, 2.24) is 19.9 Å². The van der Waals surface area contributed by atoms with Gasteiger partial charge in [-0.1, -0.05) is 0 Å². The molecule has 0 radical (unpaired) electrons. The first-order valence-corrected chi connectivity index (χ1v) is 10.5. The number of nitrogens with zero attached hydrogens (tertiary/aromatic N) is 3. The fourth-order valence-corrected chi connectivity index (χ4v) is 3.97. The molecule has 3 heterocycles. The number of hydrogen-bond donors (Lipinski definition) is 4. The number of H-pyrrole nitrogens is 2. The summed E-state index contributed by atoms with van der Waals surface area (Å²) in [5.41, 5.74) is 7.96. The number of nitrogens with one attached hydrogen (secondary N) is 2.